The first-order valence-corrected chi connectivity index (χ1v) is 7.29. The van der Waals surface area contributed by atoms with Gasteiger partial charge in [-0.3, -0.25) is 9.48 Å². The van der Waals surface area contributed by atoms with Crippen molar-refractivity contribution in [2.75, 3.05) is 6.61 Å². The number of halogens is 1. The minimum absolute atomic E-state index is 0.0240. The topological polar surface area (TPSA) is 88.7 Å². The number of ether oxygens (including phenoxy) is 1. The van der Waals surface area contributed by atoms with Crippen LogP contribution in [0.1, 0.15) is 23.0 Å². The second-order valence-electron chi connectivity index (χ2n) is 4.29. The predicted octanol–water partition coefficient (Wildman–Crippen LogP) is 2.05. The molecule has 2 aromatic rings. The molecule has 0 aliphatic rings. The fourth-order valence-electron chi connectivity index (χ4n) is 1.80. The number of aromatic nitrogens is 2. The van der Waals surface area contributed by atoms with Gasteiger partial charge >= 0.3 is 0 Å². The van der Waals surface area contributed by atoms with Gasteiger partial charge in [-0.2, -0.15) is 10.2 Å². The van der Waals surface area contributed by atoms with Gasteiger partial charge in [0.1, 0.15) is 5.69 Å². The molecule has 0 aliphatic carbocycles. The maximum Gasteiger partial charge on any atom is 0.290 e. The zero-order valence-corrected chi connectivity index (χ0v) is 13.7. The number of amides is 1. The molecule has 22 heavy (non-hydrogen) atoms. The minimum atomic E-state index is -0.413. The van der Waals surface area contributed by atoms with Gasteiger partial charge in [-0.1, -0.05) is 6.07 Å². The van der Waals surface area contributed by atoms with Gasteiger partial charge in [-0.15, -0.1) is 0 Å². The molecule has 2 rings (SSSR count). The summed E-state index contributed by atoms with van der Waals surface area (Å²) in [6.45, 7) is 2.27. The molecular formula is C14H15BrN4O3. The van der Waals surface area contributed by atoms with Crippen LogP contribution < -0.4 is 10.2 Å². The summed E-state index contributed by atoms with van der Waals surface area (Å²) in [5.74, 6) is -0.0696. The largest absolute Gasteiger partial charge is 0.504 e. The van der Waals surface area contributed by atoms with Crippen LogP contribution in [-0.4, -0.2) is 33.6 Å². The van der Waals surface area contributed by atoms with E-state index in [9.17, 15) is 9.90 Å². The predicted molar refractivity (Wildman–Crippen MR) is 85.2 cm³/mol. The number of carbonyl (C=O) groups is 1. The van der Waals surface area contributed by atoms with Crippen molar-refractivity contribution in [3.8, 4) is 11.5 Å². The number of carbonyl (C=O) groups excluding carboxylic acids is 1. The molecule has 7 nitrogen and oxygen atoms in total. The third-order valence-electron chi connectivity index (χ3n) is 2.81. The van der Waals surface area contributed by atoms with Crippen LogP contribution in [-0.2, 0) is 7.05 Å². The van der Waals surface area contributed by atoms with Gasteiger partial charge < -0.3 is 9.84 Å². The van der Waals surface area contributed by atoms with Crippen LogP contribution in [0.25, 0.3) is 0 Å². The van der Waals surface area contributed by atoms with Gasteiger partial charge in [-0.25, -0.2) is 5.43 Å². The highest BCUT2D eigenvalue weighted by Gasteiger charge is 2.14. The molecule has 8 heteroatoms. The third-order valence-corrected chi connectivity index (χ3v) is 3.39. The zero-order chi connectivity index (χ0) is 16.1. The van der Waals surface area contributed by atoms with Crippen LogP contribution in [0.5, 0.6) is 11.5 Å². The standard InChI is InChI=1S/C14H15BrN4O3/c1-3-22-11-6-4-5-9(13(11)20)7-16-18-14(21)12-10(15)8-17-19(12)2/h4-8,20H,3H2,1-2H3,(H,18,21)/b16-7-. The Kier molecular flexibility index (Phi) is 5.16. The van der Waals surface area contributed by atoms with Crippen molar-refractivity contribution < 1.29 is 14.6 Å². The highest BCUT2D eigenvalue weighted by atomic mass is 79.9. The van der Waals surface area contributed by atoms with Crippen molar-refractivity contribution in [1.82, 2.24) is 15.2 Å². The lowest BCUT2D eigenvalue weighted by atomic mass is 10.2. The number of hydrogen-bond donors (Lipinski definition) is 2. The van der Waals surface area contributed by atoms with Crippen LogP contribution in [0.3, 0.4) is 0 Å². The van der Waals surface area contributed by atoms with Gasteiger partial charge in [-0.05, 0) is 35.0 Å². The Labute approximate surface area is 135 Å². The van der Waals surface area contributed by atoms with E-state index in [1.807, 2.05) is 6.92 Å². The van der Waals surface area contributed by atoms with E-state index in [0.717, 1.165) is 0 Å². The number of phenolic OH excluding ortho intramolecular Hbond substituents is 1. The average molecular weight is 367 g/mol. The lowest BCUT2D eigenvalue weighted by molar-refractivity contribution is 0.0945. The minimum Gasteiger partial charge on any atom is -0.504 e. The molecule has 1 heterocycles. The molecule has 1 amide bonds. The summed E-state index contributed by atoms with van der Waals surface area (Å²) < 4.78 is 7.28. The van der Waals surface area contributed by atoms with E-state index in [-0.39, 0.29) is 5.75 Å². The molecule has 0 fully saturated rings. The molecule has 116 valence electrons. The van der Waals surface area contributed by atoms with Crippen molar-refractivity contribution in [1.29, 1.82) is 0 Å². The fourth-order valence-corrected chi connectivity index (χ4v) is 2.32. The number of rotatable bonds is 5. The summed E-state index contributed by atoms with van der Waals surface area (Å²) in [6.07, 6.45) is 2.87. The maximum atomic E-state index is 12.0. The molecule has 0 spiro atoms. The van der Waals surface area contributed by atoms with Crippen LogP contribution in [0.4, 0.5) is 0 Å². The van der Waals surface area contributed by atoms with Crippen molar-refractivity contribution in [3.05, 3.63) is 40.1 Å². The van der Waals surface area contributed by atoms with Crippen LogP contribution >= 0.6 is 15.9 Å². The van der Waals surface area contributed by atoms with Crippen molar-refractivity contribution in [2.45, 2.75) is 6.92 Å². The van der Waals surface area contributed by atoms with Crippen LogP contribution in [0.15, 0.2) is 34.0 Å². The van der Waals surface area contributed by atoms with Crippen LogP contribution in [0.2, 0.25) is 0 Å². The number of nitrogens with zero attached hydrogens (tertiary/aromatic N) is 3. The molecule has 0 aliphatic heterocycles. The normalized spacial score (nSPS) is 10.9. The molecule has 0 saturated heterocycles. The Balaban J connectivity index is 2.10. The third kappa shape index (κ3) is 3.45. The monoisotopic (exact) mass is 366 g/mol. The molecule has 2 N–H and O–H groups in total. The summed E-state index contributed by atoms with van der Waals surface area (Å²) in [7, 11) is 1.65. The Morgan fingerprint density at radius 3 is 3.00 bits per heavy atom. The first-order valence-electron chi connectivity index (χ1n) is 6.50. The number of nitrogens with one attached hydrogen (secondary N) is 1. The maximum absolute atomic E-state index is 12.0. The zero-order valence-electron chi connectivity index (χ0n) is 12.1. The summed E-state index contributed by atoms with van der Waals surface area (Å²) >= 11 is 3.24. The molecule has 0 unspecified atom stereocenters. The molecule has 0 radical (unpaired) electrons. The summed E-state index contributed by atoms with van der Waals surface area (Å²) in [5, 5.41) is 17.8. The molecule has 1 aromatic heterocycles. The van der Waals surface area contributed by atoms with E-state index < -0.39 is 5.91 Å². The second-order valence-corrected chi connectivity index (χ2v) is 5.15. The molecular weight excluding hydrogens is 352 g/mol. The summed E-state index contributed by atoms with van der Waals surface area (Å²) in [4.78, 5) is 12.0. The number of aryl methyl sites for hydroxylation is 1. The van der Waals surface area contributed by atoms with E-state index in [4.69, 9.17) is 4.74 Å². The quantitative estimate of drug-likeness (QED) is 0.625. The van der Waals surface area contributed by atoms with Crippen molar-refractivity contribution in [2.24, 2.45) is 12.1 Å². The number of aromatic hydroxyl groups is 1. The first-order chi connectivity index (χ1) is 10.5. The lowest BCUT2D eigenvalue weighted by Gasteiger charge is -2.07. The van der Waals surface area contributed by atoms with E-state index >= 15 is 0 Å². The van der Waals surface area contributed by atoms with Gasteiger partial charge in [0.2, 0.25) is 0 Å². The molecule has 1 aromatic carbocycles. The molecule has 0 atom stereocenters. The summed E-state index contributed by atoms with van der Waals surface area (Å²) in [5.41, 5.74) is 3.17. The van der Waals surface area contributed by atoms with Gasteiger partial charge in [0.15, 0.2) is 11.5 Å². The fraction of sp³-hybridized carbons (Fsp3) is 0.214. The average Bonchev–Trinajstić information content (AvgIpc) is 2.82. The number of hydrogen-bond acceptors (Lipinski definition) is 5. The van der Waals surface area contributed by atoms with E-state index in [1.165, 1.54) is 17.1 Å². The highest BCUT2D eigenvalue weighted by molar-refractivity contribution is 9.10. The van der Waals surface area contributed by atoms with Crippen molar-refractivity contribution in [3.63, 3.8) is 0 Å². The second kappa shape index (κ2) is 7.08. The SMILES string of the molecule is CCOc1cccc(/C=N\NC(=O)c2c(Br)cnn2C)c1O. The lowest BCUT2D eigenvalue weighted by Crippen LogP contribution is -2.21. The van der Waals surface area contributed by atoms with Crippen molar-refractivity contribution >= 4 is 28.1 Å². The number of hydrazone groups is 1. The van der Waals surface area contributed by atoms with E-state index in [1.54, 1.807) is 25.2 Å². The Morgan fingerprint density at radius 2 is 2.36 bits per heavy atom. The van der Waals surface area contributed by atoms with Gasteiger partial charge in [0.05, 0.1) is 23.5 Å². The highest BCUT2D eigenvalue weighted by Crippen LogP contribution is 2.28. The molecule has 0 saturated carbocycles. The first kappa shape index (κ1) is 16.0. The Bertz CT molecular complexity index is 693. The Morgan fingerprint density at radius 1 is 1.59 bits per heavy atom. The number of para-hydroxylation sites is 1. The van der Waals surface area contributed by atoms with E-state index in [0.29, 0.717) is 28.1 Å². The number of benzene rings is 1. The van der Waals surface area contributed by atoms with Crippen LogP contribution in [0, 0.1) is 0 Å². The van der Waals surface area contributed by atoms with Gasteiger partial charge in [0.25, 0.3) is 5.91 Å². The van der Waals surface area contributed by atoms with E-state index in [2.05, 4.69) is 31.6 Å². The Hall–Kier alpha value is -2.35. The molecule has 0 bridgehead atoms. The number of phenols is 1. The smallest absolute Gasteiger partial charge is 0.290 e. The van der Waals surface area contributed by atoms with Gasteiger partial charge in [0, 0.05) is 12.6 Å². The summed E-state index contributed by atoms with van der Waals surface area (Å²) in [6, 6.07) is 5.04.